The number of aromatic nitrogens is 2. The standard InChI is InChI=1S/C19H20N4O/c24-19(18-16-11-5-6-12-17(16)20-21-18)23(15-9-3-1-4-10-15)22-13-7-2-8-14-22/h1,3-6,9-12H,2,7-8,13-14H2,(H,20,21). The molecule has 0 spiro atoms. The number of carbonyl (C=O) groups is 1. The van der Waals surface area contributed by atoms with Crippen molar-refractivity contribution in [2.45, 2.75) is 19.3 Å². The number of benzene rings is 2. The zero-order valence-electron chi connectivity index (χ0n) is 13.5. The number of amides is 1. The lowest BCUT2D eigenvalue weighted by Gasteiger charge is -2.37. The van der Waals surface area contributed by atoms with Crippen molar-refractivity contribution in [1.82, 2.24) is 15.2 Å². The molecule has 5 heteroatoms. The van der Waals surface area contributed by atoms with Crippen molar-refractivity contribution in [2.75, 3.05) is 18.1 Å². The number of H-pyrrole nitrogens is 1. The van der Waals surface area contributed by atoms with Crippen molar-refractivity contribution in [1.29, 1.82) is 0 Å². The van der Waals surface area contributed by atoms with Gasteiger partial charge >= 0.3 is 0 Å². The largest absolute Gasteiger partial charge is 0.293 e. The Morgan fingerprint density at radius 2 is 1.67 bits per heavy atom. The fourth-order valence-electron chi connectivity index (χ4n) is 3.28. The number of fused-ring (bicyclic) bond motifs is 1. The molecular formula is C19H20N4O. The zero-order valence-corrected chi connectivity index (χ0v) is 13.5. The molecule has 0 aliphatic carbocycles. The summed E-state index contributed by atoms with van der Waals surface area (Å²) in [5, 5.41) is 12.1. The van der Waals surface area contributed by atoms with E-state index < -0.39 is 0 Å². The Morgan fingerprint density at radius 1 is 0.958 bits per heavy atom. The highest BCUT2D eigenvalue weighted by molar-refractivity contribution is 6.11. The second kappa shape index (κ2) is 6.45. The molecule has 0 atom stereocenters. The Labute approximate surface area is 140 Å². The second-order valence-corrected chi connectivity index (χ2v) is 6.08. The minimum atomic E-state index is -0.0828. The number of nitrogens with zero attached hydrogens (tertiary/aromatic N) is 3. The van der Waals surface area contributed by atoms with Crippen molar-refractivity contribution < 1.29 is 4.79 Å². The van der Waals surface area contributed by atoms with Crippen LogP contribution in [0.5, 0.6) is 0 Å². The summed E-state index contributed by atoms with van der Waals surface area (Å²) in [7, 11) is 0. The average molecular weight is 320 g/mol. The van der Waals surface area contributed by atoms with E-state index in [-0.39, 0.29) is 5.91 Å². The van der Waals surface area contributed by atoms with Crippen LogP contribution in [0.25, 0.3) is 10.9 Å². The SMILES string of the molecule is O=C(c1n[nH]c2ccccc12)N(c1ccccc1)N1CCCCC1. The van der Waals surface area contributed by atoms with Crippen molar-refractivity contribution in [3.63, 3.8) is 0 Å². The van der Waals surface area contributed by atoms with E-state index in [1.54, 1.807) is 5.01 Å². The summed E-state index contributed by atoms with van der Waals surface area (Å²) in [5.41, 5.74) is 2.24. The first kappa shape index (κ1) is 14.9. The molecule has 2 heterocycles. The van der Waals surface area contributed by atoms with Crippen LogP contribution >= 0.6 is 0 Å². The predicted octanol–water partition coefficient (Wildman–Crippen LogP) is 3.61. The fraction of sp³-hybridized carbons (Fsp3) is 0.263. The maximum Gasteiger partial charge on any atom is 0.293 e. The number of rotatable bonds is 3. The number of hydrogen-bond acceptors (Lipinski definition) is 3. The van der Waals surface area contributed by atoms with Crippen molar-refractivity contribution in [3.05, 3.63) is 60.3 Å². The summed E-state index contributed by atoms with van der Waals surface area (Å²) in [6, 6.07) is 17.6. The summed E-state index contributed by atoms with van der Waals surface area (Å²) in [6.45, 7) is 1.78. The van der Waals surface area contributed by atoms with Crippen molar-refractivity contribution in [2.24, 2.45) is 0 Å². The van der Waals surface area contributed by atoms with E-state index in [0.29, 0.717) is 5.69 Å². The molecule has 122 valence electrons. The van der Waals surface area contributed by atoms with E-state index in [1.807, 2.05) is 54.6 Å². The smallest absolute Gasteiger partial charge is 0.277 e. The zero-order chi connectivity index (χ0) is 16.4. The topological polar surface area (TPSA) is 52.2 Å². The van der Waals surface area contributed by atoms with Crippen LogP contribution in [0.15, 0.2) is 54.6 Å². The third kappa shape index (κ3) is 2.67. The minimum absolute atomic E-state index is 0.0828. The van der Waals surface area contributed by atoms with E-state index in [2.05, 4.69) is 15.2 Å². The minimum Gasteiger partial charge on any atom is -0.277 e. The molecule has 3 aromatic rings. The lowest BCUT2D eigenvalue weighted by Crippen LogP contribution is -2.49. The van der Waals surface area contributed by atoms with Crippen LogP contribution in [0.2, 0.25) is 0 Å². The molecular weight excluding hydrogens is 300 g/mol. The number of para-hydroxylation sites is 2. The van der Waals surface area contributed by atoms with Gasteiger partial charge in [-0.05, 0) is 31.0 Å². The third-order valence-corrected chi connectivity index (χ3v) is 4.48. The Bertz CT molecular complexity index is 837. The molecule has 1 saturated heterocycles. The fourth-order valence-corrected chi connectivity index (χ4v) is 3.28. The van der Waals surface area contributed by atoms with Crippen LogP contribution in [0.1, 0.15) is 29.8 Å². The number of piperidine rings is 1. The first-order chi connectivity index (χ1) is 11.8. The van der Waals surface area contributed by atoms with Crippen LogP contribution in [0.4, 0.5) is 5.69 Å². The molecule has 2 aromatic carbocycles. The van der Waals surface area contributed by atoms with E-state index in [9.17, 15) is 4.79 Å². The lowest BCUT2D eigenvalue weighted by molar-refractivity contribution is 0.0869. The third-order valence-electron chi connectivity index (χ3n) is 4.48. The molecule has 1 aromatic heterocycles. The van der Waals surface area contributed by atoms with Gasteiger partial charge < -0.3 is 0 Å². The second-order valence-electron chi connectivity index (χ2n) is 6.08. The molecule has 4 rings (SSSR count). The van der Waals surface area contributed by atoms with Crippen molar-refractivity contribution >= 4 is 22.5 Å². The molecule has 1 amide bonds. The van der Waals surface area contributed by atoms with Gasteiger partial charge in [-0.2, -0.15) is 5.10 Å². The van der Waals surface area contributed by atoms with Gasteiger partial charge in [-0.1, -0.05) is 42.8 Å². The van der Waals surface area contributed by atoms with Gasteiger partial charge in [0.05, 0.1) is 11.2 Å². The summed E-state index contributed by atoms with van der Waals surface area (Å²) < 4.78 is 0. The normalized spacial score (nSPS) is 15.5. The van der Waals surface area contributed by atoms with Gasteiger partial charge in [0.2, 0.25) is 0 Å². The Hall–Kier alpha value is -2.66. The summed E-state index contributed by atoms with van der Waals surface area (Å²) in [6.07, 6.45) is 3.44. The van der Waals surface area contributed by atoms with Crippen LogP contribution in [0.3, 0.4) is 0 Å². The van der Waals surface area contributed by atoms with Crippen molar-refractivity contribution in [3.8, 4) is 0 Å². The molecule has 0 bridgehead atoms. The van der Waals surface area contributed by atoms with Gasteiger partial charge in [0.1, 0.15) is 0 Å². The molecule has 24 heavy (non-hydrogen) atoms. The predicted molar refractivity (Wildman–Crippen MR) is 94.8 cm³/mol. The number of hydrazine groups is 1. The average Bonchev–Trinajstić information content (AvgIpc) is 3.08. The molecule has 1 N–H and O–H groups in total. The molecule has 1 fully saturated rings. The molecule has 1 aliphatic rings. The van der Waals surface area contributed by atoms with Crippen LogP contribution in [-0.2, 0) is 0 Å². The van der Waals surface area contributed by atoms with E-state index >= 15 is 0 Å². The number of aromatic amines is 1. The maximum absolute atomic E-state index is 13.3. The number of anilines is 1. The summed E-state index contributed by atoms with van der Waals surface area (Å²) >= 11 is 0. The monoisotopic (exact) mass is 320 g/mol. The first-order valence-electron chi connectivity index (χ1n) is 8.42. The van der Waals surface area contributed by atoms with Gasteiger partial charge in [-0.3, -0.25) is 9.89 Å². The van der Waals surface area contributed by atoms with Gasteiger partial charge in [-0.25, -0.2) is 10.0 Å². The molecule has 0 radical (unpaired) electrons. The van der Waals surface area contributed by atoms with Crippen LogP contribution in [-0.4, -0.2) is 34.2 Å². The number of nitrogens with one attached hydrogen (secondary N) is 1. The maximum atomic E-state index is 13.3. The molecule has 0 saturated carbocycles. The molecule has 5 nitrogen and oxygen atoms in total. The van der Waals surface area contributed by atoms with Crippen LogP contribution < -0.4 is 5.01 Å². The molecule has 1 aliphatic heterocycles. The Morgan fingerprint density at radius 3 is 2.46 bits per heavy atom. The van der Waals surface area contributed by atoms with E-state index in [4.69, 9.17) is 0 Å². The van der Waals surface area contributed by atoms with Gasteiger partial charge in [0.15, 0.2) is 5.69 Å². The Balaban J connectivity index is 1.76. The van der Waals surface area contributed by atoms with Gasteiger partial charge in [-0.15, -0.1) is 0 Å². The summed E-state index contributed by atoms with van der Waals surface area (Å²) in [4.78, 5) is 13.3. The summed E-state index contributed by atoms with van der Waals surface area (Å²) in [5.74, 6) is -0.0828. The van der Waals surface area contributed by atoms with Gasteiger partial charge in [0.25, 0.3) is 5.91 Å². The number of carbonyl (C=O) groups excluding carboxylic acids is 1. The van der Waals surface area contributed by atoms with Crippen LogP contribution in [0, 0.1) is 0 Å². The first-order valence-corrected chi connectivity index (χ1v) is 8.42. The molecule has 0 unspecified atom stereocenters. The van der Waals surface area contributed by atoms with E-state index in [1.165, 1.54) is 6.42 Å². The quantitative estimate of drug-likeness (QED) is 0.802. The highest BCUT2D eigenvalue weighted by Crippen LogP contribution is 2.24. The highest BCUT2D eigenvalue weighted by Gasteiger charge is 2.28. The van der Waals surface area contributed by atoms with Gasteiger partial charge in [0, 0.05) is 18.5 Å². The van der Waals surface area contributed by atoms with E-state index in [0.717, 1.165) is 42.5 Å². The lowest BCUT2D eigenvalue weighted by atomic mass is 10.1. The number of hydrogen-bond donors (Lipinski definition) is 1. The Kier molecular flexibility index (Phi) is 4.01. The highest BCUT2D eigenvalue weighted by atomic mass is 16.2.